The molecule has 1 atom stereocenters. The third-order valence-electron chi connectivity index (χ3n) is 4.49. The van der Waals surface area contributed by atoms with E-state index in [1.807, 2.05) is 30.3 Å². The predicted molar refractivity (Wildman–Crippen MR) is 114 cm³/mol. The average molecular weight is 449 g/mol. The number of nitro benzene ring substituents is 1. The standard InChI is InChI=1S/C20H25BrN4O3/c1-3-24(4-2)13-12-22-19(15-8-6-5-7-9-15)20(26)23-18-11-10-16(25(27)28)14-17(18)21/h5-11,14,19,22H,3-4,12-13H2,1-2H3,(H,23,26)/t19-/m0/s1. The summed E-state index contributed by atoms with van der Waals surface area (Å²) in [5.74, 6) is -0.222. The van der Waals surface area contributed by atoms with Crippen molar-refractivity contribution in [1.82, 2.24) is 10.2 Å². The molecule has 2 aromatic carbocycles. The molecule has 0 bridgehead atoms. The van der Waals surface area contributed by atoms with Crippen molar-refractivity contribution < 1.29 is 9.72 Å². The molecular weight excluding hydrogens is 424 g/mol. The van der Waals surface area contributed by atoms with E-state index in [2.05, 4.69) is 45.3 Å². The molecule has 0 unspecified atom stereocenters. The lowest BCUT2D eigenvalue weighted by atomic mass is 10.1. The Bertz CT molecular complexity index is 797. The highest BCUT2D eigenvalue weighted by atomic mass is 79.9. The van der Waals surface area contributed by atoms with Gasteiger partial charge < -0.3 is 15.5 Å². The van der Waals surface area contributed by atoms with E-state index < -0.39 is 11.0 Å². The molecule has 0 aliphatic heterocycles. The van der Waals surface area contributed by atoms with E-state index in [1.165, 1.54) is 18.2 Å². The number of non-ortho nitro benzene ring substituents is 1. The Morgan fingerprint density at radius 3 is 2.43 bits per heavy atom. The fourth-order valence-corrected chi connectivity index (χ4v) is 3.30. The number of nitrogens with one attached hydrogen (secondary N) is 2. The quantitative estimate of drug-likeness (QED) is 0.424. The van der Waals surface area contributed by atoms with Gasteiger partial charge >= 0.3 is 0 Å². The van der Waals surface area contributed by atoms with E-state index in [0.29, 0.717) is 16.7 Å². The minimum absolute atomic E-state index is 0.0400. The number of carbonyl (C=O) groups excluding carboxylic acids is 1. The fourth-order valence-electron chi connectivity index (χ4n) is 2.84. The van der Waals surface area contributed by atoms with E-state index in [4.69, 9.17) is 0 Å². The van der Waals surface area contributed by atoms with Crippen molar-refractivity contribution in [2.45, 2.75) is 19.9 Å². The Hall–Kier alpha value is -2.29. The summed E-state index contributed by atoms with van der Waals surface area (Å²) in [6, 6.07) is 13.2. The number of hydrogen-bond acceptors (Lipinski definition) is 5. The number of carbonyl (C=O) groups is 1. The molecule has 150 valence electrons. The van der Waals surface area contributed by atoms with Crippen LogP contribution in [0.4, 0.5) is 11.4 Å². The maximum absolute atomic E-state index is 13.0. The van der Waals surface area contributed by atoms with Crippen molar-refractivity contribution in [3.63, 3.8) is 0 Å². The van der Waals surface area contributed by atoms with E-state index in [1.54, 1.807) is 0 Å². The summed E-state index contributed by atoms with van der Waals surface area (Å²) in [4.78, 5) is 25.6. The van der Waals surface area contributed by atoms with Gasteiger partial charge in [0.05, 0.1) is 10.6 Å². The number of amides is 1. The second-order valence-electron chi connectivity index (χ2n) is 6.24. The van der Waals surface area contributed by atoms with Gasteiger partial charge in [-0.1, -0.05) is 44.2 Å². The molecule has 0 aliphatic rings. The Morgan fingerprint density at radius 1 is 1.18 bits per heavy atom. The molecule has 0 saturated heterocycles. The highest BCUT2D eigenvalue weighted by molar-refractivity contribution is 9.10. The monoisotopic (exact) mass is 448 g/mol. The summed E-state index contributed by atoms with van der Waals surface area (Å²) >= 11 is 3.29. The molecule has 0 aromatic heterocycles. The van der Waals surface area contributed by atoms with Crippen molar-refractivity contribution in [1.29, 1.82) is 0 Å². The minimum atomic E-state index is -0.529. The van der Waals surface area contributed by atoms with Gasteiger partial charge in [-0.25, -0.2) is 0 Å². The Morgan fingerprint density at radius 2 is 1.86 bits per heavy atom. The van der Waals surface area contributed by atoms with Crippen LogP contribution in [0.2, 0.25) is 0 Å². The van der Waals surface area contributed by atoms with Gasteiger partial charge in [0, 0.05) is 29.7 Å². The molecule has 28 heavy (non-hydrogen) atoms. The molecule has 0 spiro atoms. The zero-order valence-electron chi connectivity index (χ0n) is 16.0. The number of nitrogens with zero attached hydrogens (tertiary/aromatic N) is 2. The van der Waals surface area contributed by atoms with Crippen molar-refractivity contribution >= 4 is 33.2 Å². The van der Waals surface area contributed by atoms with Crippen molar-refractivity contribution in [2.75, 3.05) is 31.5 Å². The molecule has 2 rings (SSSR count). The second kappa shape index (κ2) is 10.9. The third-order valence-corrected chi connectivity index (χ3v) is 5.14. The molecule has 1 amide bonds. The van der Waals surface area contributed by atoms with Gasteiger partial charge in [0.2, 0.25) is 5.91 Å². The van der Waals surface area contributed by atoms with E-state index in [-0.39, 0.29) is 11.6 Å². The first-order chi connectivity index (χ1) is 13.5. The summed E-state index contributed by atoms with van der Waals surface area (Å²) in [6.07, 6.45) is 0. The average Bonchev–Trinajstić information content (AvgIpc) is 2.70. The van der Waals surface area contributed by atoms with Crippen LogP contribution in [0.15, 0.2) is 53.0 Å². The Labute approximate surface area is 173 Å². The molecular formula is C20H25BrN4O3. The van der Waals surface area contributed by atoms with Crippen molar-refractivity contribution in [2.24, 2.45) is 0 Å². The van der Waals surface area contributed by atoms with E-state index >= 15 is 0 Å². The van der Waals surface area contributed by atoms with Crippen LogP contribution in [0, 0.1) is 10.1 Å². The van der Waals surface area contributed by atoms with Gasteiger partial charge in [0.25, 0.3) is 5.69 Å². The molecule has 2 N–H and O–H groups in total. The maximum atomic E-state index is 13.0. The summed E-state index contributed by atoms with van der Waals surface area (Å²) < 4.78 is 0.463. The van der Waals surface area contributed by atoms with Gasteiger partial charge in [-0.15, -0.1) is 0 Å². The largest absolute Gasteiger partial charge is 0.323 e. The topological polar surface area (TPSA) is 87.5 Å². The normalized spacial score (nSPS) is 12.0. The number of nitro groups is 1. The number of likely N-dealkylation sites (N-methyl/N-ethyl adjacent to an activating group) is 1. The summed E-state index contributed by atoms with van der Waals surface area (Å²) in [5.41, 5.74) is 1.31. The Balaban J connectivity index is 2.14. The molecule has 0 heterocycles. The van der Waals surface area contributed by atoms with Crippen LogP contribution in [-0.2, 0) is 4.79 Å². The van der Waals surface area contributed by atoms with Gasteiger partial charge in [0.1, 0.15) is 6.04 Å². The van der Waals surface area contributed by atoms with Gasteiger partial charge in [0.15, 0.2) is 0 Å². The van der Waals surface area contributed by atoms with Crippen LogP contribution in [-0.4, -0.2) is 41.9 Å². The van der Waals surface area contributed by atoms with Gasteiger partial charge in [-0.2, -0.15) is 0 Å². The van der Waals surface area contributed by atoms with E-state index in [9.17, 15) is 14.9 Å². The second-order valence-corrected chi connectivity index (χ2v) is 7.09. The highest BCUT2D eigenvalue weighted by Crippen LogP contribution is 2.28. The molecule has 0 aliphatic carbocycles. The lowest BCUT2D eigenvalue weighted by molar-refractivity contribution is -0.384. The van der Waals surface area contributed by atoms with Gasteiger partial charge in [-0.3, -0.25) is 14.9 Å². The predicted octanol–water partition coefficient (Wildman–Crippen LogP) is 3.97. The molecule has 7 nitrogen and oxygen atoms in total. The van der Waals surface area contributed by atoms with Gasteiger partial charge in [-0.05, 0) is 40.6 Å². The fraction of sp³-hybridized carbons (Fsp3) is 0.350. The number of hydrogen-bond donors (Lipinski definition) is 2. The number of rotatable bonds is 10. The zero-order valence-corrected chi connectivity index (χ0v) is 17.6. The van der Waals surface area contributed by atoms with E-state index in [0.717, 1.165) is 25.2 Å². The molecule has 0 saturated carbocycles. The zero-order chi connectivity index (χ0) is 20.5. The van der Waals surface area contributed by atoms with Crippen LogP contribution < -0.4 is 10.6 Å². The lowest BCUT2D eigenvalue weighted by Crippen LogP contribution is -2.38. The van der Waals surface area contributed by atoms with Crippen LogP contribution in [0.25, 0.3) is 0 Å². The Kier molecular flexibility index (Phi) is 8.56. The minimum Gasteiger partial charge on any atom is -0.323 e. The number of anilines is 1. The summed E-state index contributed by atoms with van der Waals surface area (Å²) in [7, 11) is 0. The summed E-state index contributed by atoms with van der Waals surface area (Å²) in [5, 5.41) is 17.1. The lowest BCUT2D eigenvalue weighted by Gasteiger charge is -2.22. The van der Waals surface area contributed by atoms with Crippen LogP contribution in [0.3, 0.4) is 0 Å². The molecule has 2 aromatic rings. The molecule has 0 radical (unpaired) electrons. The first-order valence-electron chi connectivity index (χ1n) is 9.21. The SMILES string of the molecule is CCN(CC)CCN[C@H](C(=O)Nc1ccc([N+](=O)[O-])cc1Br)c1ccccc1. The van der Waals surface area contributed by atoms with Crippen molar-refractivity contribution in [3.8, 4) is 0 Å². The third kappa shape index (κ3) is 6.12. The smallest absolute Gasteiger partial charge is 0.270 e. The van der Waals surface area contributed by atoms with Crippen LogP contribution in [0.5, 0.6) is 0 Å². The molecule has 0 fully saturated rings. The van der Waals surface area contributed by atoms with Crippen molar-refractivity contribution in [3.05, 3.63) is 68.7 Å². The molecule has 8 heteroatoms. The summed E-state index contributed by atoms with van der Waals surface area (Å²) in [6.45, 7) is 7.63. The van der Waals surface area contributed by atoms with Crippen LogP contribution >= 0.6 is 15.9 Å². The number of benzene rings is 2. The first kappa shape index (κ1) is 22.0. The van der Waals surface area contributed by atoms with Crippen LogP contribution in [0.1, 0.15) is 25.5 Å². The maximum Gasteiger partial charge on any atom is 0.270 e. The first-order valence-corrected chi connectivity index (χ1v) is 10.0. The highest BCUT2D eigenvalue weighted by Gasteiger charge is 2.21. The number of halogens is 1.